The Hall–Kier alpha value is -0.300. The number of hydrogen-bond donors (Lipinski definition) is 1. The maximum atomic E-state index is 3.49. The standard InChI is InChI=1S/C7H11N/c1-7-4-2-6(8-7)3-5-7/h2,4,6,8H,3,5H2,1H3. The predicted octanol–water partition coefficient (Wildman–Crippen LogP) is 1.07. The van der Waals surface area contributed by atoms with E-state index in [1.807, 2.05) is 0 Å². The Morgan fingerprint density at radius 1 is 1.75 bits per heavy atom. The van der Waals surface area contributed by atoms with E-state index in [9.17, 15) is 0 Å². The van der Waals surface area contributed by atoms with Crippen LogP contribution in [0.2, 0.25) is 0 Å². The van der Waals surface area contributed by atoms with Gasteiger partial charge in [0.1, 0.15) is 0 Å². The molecule has 0 aromatic heterocycles. The Morgan fingerprint density at radius 2 is 2.62 bits per heavy atom. The molecule has 1 fully saturated rings. The molecule has 2 aliphatic rings. The third kappa shape index (κ3) is 0.451. The lowest BCUT2D eigenvalue weighted by Crippen LogP contribution is -2.32. The quantitative estimate of drug-likeness (QED) is 0.459. The average molecular weight is 109 g/mol. The van der Waals surface area contributed by atoms with Crippen molar-refractivity contribution in [1.29, 1.82) is 0 Å². The second kappa shape index (κ2) is 1.16. The summed E-state index contributed by atoms with van der Waals surface area (Å²) >= 11 is 0. The number of nitrogens with one attached hydrogen (secondary N) is 1. The first-order valence-corrected chi connectivity index (χ1v) is 3.26. The maximum Gasteiger partial charge on any atom is 0.0342 e. The largest absolute Gasteiger partial charge is 0.302 e. The molecule has 0 spiro atoms. The summed E-state index contributed by atoms with van der Waals surface area (Å²) in [5, 5.41) is 3.49. The summed E-state index contributed by atoms with van der Waals surface area (Å²) in [6, 6.07) is 0.708. The molecule has 1 saturated heterocycles. The Labute approximate surface area is 49.8 Å². The van der Waals surface area contributed by atoms with E-state index in [-0.39, 0.29) is 0 Å². The fourth-order valence-electron chi connectivity index (χ4n) is 1.63. The molecule has 2 aliphatic heterocycles. The van der Waals surface area contributed by atoms with Crippen molar-refractivity contribution >= 4 is 0 Å². The Morgan fingerprint density at radius 3 is 2.75 bits per heavy atom. The highest BCUT2D eigenvalue weighted by Crippen LogP contribution is 2.30. The molecule has 1 nitrogen and oxygen atoms in total. The summed E-state index contributed by atoms with van der Waals surface area (Å²) < 4.78 is 0. The van der Waals surface area contributed by atoms with E-state index in [0.29, 0.717) is 11.6 Å². The maximum absolute atomic E-state index is 3.49. The van der Waals surface area contributed by atoms with Crippen molar-refractivity contribution in [3.05, 3.63) is 12.2 Å². The second-order valence-electron chi connectivity index (χ2n) is 3.07. The van der Waals surface area contributed by atoms with Crippen LogP contribution in [0.4, 0.5) is 0 Å². The number of hydrogen-bond acceptors (Lipinski definition) is 1. The van der Waals surface area contributed by atoms with Crippen molar-refractivity contribution in [3.8, 4) is 0 Å². The average Bonchev–Trinajstić information content (AvgIpc) is 2.21. The van der Waals surface area contributed by atoms with Gasteiger partial charge in [0.05, 0.1) is 0 Å². The molecule has 2 bridgehead atoms. The van der Waals surface area contributed by atoms with E-state index >= 15 is 0 Å². The summed E-state index contributed by atoms with van der Waals surface area (Å²) in [6.07, 6.45) is 7.24. The fraction of sp³-hybridized carbons (Fsp3) is 0.714. The van der Waals surface area contributed by atoms with Crippen LogP contribution in [0.5, 0.6) is 0 Å². The smallest absolute Gasteiger partial charge is 0.0342 e. The van der Waals surface area contributed by atoms with E-state index in [0.717, 1.165) is 0 Å². The molecule has 2 unspecified atom stereocenters. The topological polar surface area (TPSA) is 12.0 Å². The SMILES string of the molecule is CC12C=CC(CC1)N2. The molecule has 1 N–H and O–H groups in total. The predicted molar refractivity (Wildman–Crippen MR) is 33.7 cm³/mol. The second-order valence-corrected chi connectivity index (χ2v) is 3.07. The summed E-state index contributed by atoms with van der Waals surface area (Å²) in [6.45, 7) is 2.26. The molecule has 2 rings (SSSR count). The van der Waals surface area contributed by atoms with Crippen LogP contribution < -0.4 is 5.32 Å². The lowest BCUT2D eigenvalue weighted by molar-refractivity contribution is 0.528. The molecule has 2 heterocycles. The van der Waals surface area contributed by atoms with Gasteiger partial charge in [-0.2, -0.15) is 0 Å². The van der Waals surface area contributed by atoms with Crippen molar-refractivity contribution in [2.24, 2.45) is 0 Å². The van der Waals surface area contributed by atoms with E-state index < -0.39 is 0 Å². The Bertz CT molecular complexity index is 139. The van der Waals surface area contributed by atoms with E-state index in [1.54, 1.807) is 0 Å². The van der Waals surface area contributed by atoms with Gasteiger partial charge >= 0.3 is 0 Å². The van der Waals surface area contributed by atoms with Gasteiger partial charge in [-0.25, -0.2) is 0 Å². The zero-order valence-electron chi connectivity index (χ0n) is 5.15. The molecular formula is C7H11N. The molecule has 44 valence electrons. The number of rotatable bonds is 0. The van der Waals surface area contributed by atoms with Crippen LogP contribution in [0.25, 0.3) is 0 Å². The van der Waals surface area contributed by atoms with Gasteiger partial charge in [-0.1, -0.05) is 12.2 Å². The van der Waals surface area contributed by atoms with E-state index in [1.165, 1.54) is 12.8 Å². The molecule has 0 saturated carbocycles. The minimum absolute atomic E-state index is 0.380. The van der Waals surface area contributed by atoms with Crippen molar-refractivity contribution in [2.75, 3.05) is 0 Å². The van der Waals surface area contributed by atoms with Gasteiger partial charge in [0.2, 0.25) is 0 Å². The Balaban J connectivity index is 2.33. The van der Waals surface area contributed by atoms with Crippen LogP contribution in [0, 0.1) is 0 Å². The Kier molecular flexibility index (Phi) is 0.662. The first-order chi connectivity index (χ1) is 3.79. The van der Waals surface area contributed by atoms with Gasteiger partial charge in [-0.15, -0.1) is 0 Å². The normalized spacial score (nSPS) is 50.9. The van der Waals surface area contributed by atoms with Crippen molar-refractivity contribution in [2.45, 2.75) is 31.3 Å². The van der Waals surface area contributed by atoms with Crippen LogP contribution in [-0.4, -0.2) is 11.6 Å². The van der Waals surface area contributed by atoms with Crippen LogP contribution in [0.1, 0.15) is 19.8 Å². The highest BCUT2D eigenvalue weighted by Gasteiger charge is 2.35. The fourth-order valence-corrected chi connectivity index (χ4v) is 1.63. The van der Waals surface area contributed by atoms with Gasteiger partial charge in [-0.3, -0.25) is 0 Å². The van der Waals surface area contributed by atoms with E-state index in [4.69, 9.17) is 0 Å². The third-order valence-electron chi connectivity index (χ3n) is 2.19. The molecule has 2 atom stereocenters. The lowest BCUT2D eigenvalue weighted by Gasteiger charge is -2.14. The molecule has 0 aliphatic carbocycles. The van der Waals surface area contributed by atoms with Crippen molar-refractivity contribution in [3.63, 3.8) is 0 Å². The van der Waals surface area contributed by atoms with Gasteiger partial charge in [0.15, 0.2) is 0 Å². The van der Waals surface area contributed by atoms with Crippen LogP contribution in [-0.2, 0) is 0 Å². The lowest BCUT2D eigenvalue weighted by atomic mass is 9.97. The highest BCUT2D eigenvalue weighted by molar-refractivity contribution is 5.21. The minimum Gasteiger partial charge on any atom is -0.302 e. The zero-order valence-corrected chi connectivity index (χ0v) is 5.15. The van der Waals surface area contributed by atoms with E-state index in [2.05, 4.69) is 24.4 Å². The summed E-state index contributed by atoms with van der Waals surface area (Å²) in [5.41, 5.74) is 0.380. The summed E-state index contributed by atoms with van der Waals surface area (Å²) in [5.74, 6) is 0. The molecule has 0 amide bonds. The van der Waals surface area contributed by atoms with Gasteiger partial charge in [-0.05, 0) is 19.8 Å². The molecule has 8 heavy (non-hydrogen) atoms. The highest BCUT2D eigenvalue weighted by atomic mass is 15.0. The molecule has 0 radical (unpaired) electrons. The van der Waals surface area contributed by atoms with Crippen LogP contribution in [0.15, 0.2) is 12.2 Å². The third-order valence-corrected chi connectivity index (χ3v) is 2.19. The summed E-state index contributed by atoms with van der Waals surface area (Å²) in [7, 11) is 0. The van der Waals surface area contributed by atoms with Gasteiger partial charge < -0.3 is 5.32 Å². The summed E-state index contributed by atoms with van der Waals surface area (Å²) in [4.78, 5) is 0. The first kappa shape index (κ1) is 4.57. The van der Waals surface area contributed by atoms with Crippen molar-refractivity contribution in [1.82, 2.24) is 5.32 Å². The first-order valence-electron chi connectivity index (χ1n) is 3.26. The molecular weight excluding hydrogens is 98.1 g/mol. The minimum atomic E-state index is 0.380. The number of fused-ring (bicyclic) bond motifs is 2. The van der Waals surface area contributed by atoms with Crippen molar-refractivity contribution < 1.29 is 0 Å². The van der Waals surface area contributed by atoms with Crippen LogP contribution >= 0.6 is 0 Å². The molecule has 1 heteroatoms. The zero-order chi connectivity index (χ0) is 5.61. The van der Waals surface area contributed by atoms with Gasteiger partial charge in [0, 0.05) is 11.6 Å². The molecule has 0 aromatic rings. The van der Waals surface area contributed by atoms with Gasteiger partial charge in [0.25, 0.3) is 0 Å². The monoisotopic (exact) mass is 109 g/mol. The van der Waals surface area contributed by atoms with Crippen LogP contribution in [0.3, 0.4) is 0 Å². The molecule has 0 aromatic carbocycles.